The number of thiazole rings is 1. The molecule has 3 rings (SSSR count). The van der Waals surface area contributed by atoms with E-state index in [1.807, 2.05) is 6.20 Å². The predicted molar refractivity (Wildman–Crippen MR) is 74.3 cm³/mol. The molecule has 0 saturated heterocycles. The highest BCUT2D eigenvalue weighted by Crippen LogP contribution is 2.35. The second-order valence-electron chi connectivity index (χ2n) is 4.33. The summed E-state index contributed by atoms with van der Waals surface area (Å²) < 4.78 is 3.18. The van der Waals surface area contributed by atoms with E-state index in [1.54, 1.807) is 4.68 Å². The van der Waals surface area contributed by atoms with Crippen LogP contribution in [0, 0.1) is 5.92 Å². The van der Waals surface area contributed by atoms with Crippen LogP contribution in [-0.2, 0) is 6.54 Å². The van der Waals surface area contributed by atoms with Crippen molar-refractivity contribution >= 4 is 43.2 Å². The first-order chi connectivity index (χ1) is 8.63. The summed E-state index contributed by atoms with van der Waals surface area (Å²) >= 11 is 8.01. The molecule has 0 aliphatic heterocycles. The lowest BCUT2D eigenvalue weighted by atomic mass is 10.2. The van der Waals surface area contributed by atoms with E-state index in [9.17, 15) is 5.11 Å². The van der Waals surface area contributed by atoms with E-state index in [1.165, 1.54) is 24.2 Å². The first kappa shape index (κ1) is 12.7. The van der Waals surface area contributed by atoms with Gasteiger partial charge in [-0.3, -0.25) is 4.68 Å². The van der Waals surface area contributed by atoms with Crippen molar-refractivity contribution < 1.29 is 5.11 Å². The molecule has 1 N–H and O–H groups in total. The second-order valence-corrected chi connectivity index (χ2v) is 7.39. The Morgan fingerprint density at radius 1 is 1.50 bits per heavy atom. The number of rotatable bonds is 4. The summed E-state index contributed by atoms with van der Waals surface area (Å²) in [5.74, 6) is 0.737. The Kier molecular flexibility index (Phi) is 3.52. The third-order valence-corrected chi connectivity index (χ3v) is 5.24. The van der Waals surface area contributed by atoms with Gasteiger partial charge in [0, 0.05) is 6.54 Å². The Morgan fingerprint density at radius 2 is 2.28 bits per heavy atom. The van der Waals surface area contributed by atoms with Crippen LogP contribution in [0.25, 0.3) is 0 Å². The topological polar surface area (TPSA) is 63.8 Å². The Hall–Kier alpha value is -0.310. The molecule has 1 aliphatic rings. The maximum Gasteiger partial charge on any atom is 0.160 e. The highest BCUT2D eigenvalue weighted by molar-refractivity contribution is 9.11. The number of aliphatic hydroxyl groups is 1. The lowest BCUT2D eigenvalue weighted by Crippen LogP contribution is -2.00. The van der Waals surface area contributed by atoms with Crippen molar-refractivity contribution in [2.75, 3.05) is 0 Å². The van der Waals surface area contributed by atoms with Gasteiger partial charge in [-0.15, -0.1) is 16.4 Å². The molecule has 0 spiro atoms. The first-order valence-electron chi connectivity index (χ1n) is 5.53. The van der Waals surface area contributed by atoms with Crippen LogP contribution in [0.5, 0.6) is 0 Å². The van der Waals surface area contributed by atoms with Gasteiger partial charge in [-0.05, 0) is 50.6 Å². The minimum absolute atomic E-state index is 0.563. The van der Waals surface area contributed by atoms with Gasteiger partial charge in [-0.2, -0.15) is 0 Å². The summed E-state index contributed by atoms with van der Waals surface area (Å²) in [6.45, 7) is 0.896. The Morgan fingerprint density at radius 3 is 2.89 bits per heavy atom. The molecule has 0 radical (unpaired) electrons. The van der Waals surface area contributed by atoms with Crippen LogP contribution >= 0.6 is 43.2 Å². The fraction of sp³-hybridized carbons (Fsp3) is 0.500. The van der Waals surface area contributed by atoms with Gasteiger partial charge >= 0.3 is 0 Å². The largest absolute Gasteiger partial charge is 0.381 e. The van der Waals surface area contributed by atoms with Crippen molar-refractivity contribution in [3.8, 4) is 0 Å². The van der Waals surface area contributed by atoms with Gasteiger partial charge in [-0.25, -0.2) is 4.98 Å². The molecular formula is C10H10Br2N4OS. The van der Waals surface area contributed by atoms with Crippen molar-refractivity contribution in [1.82, 2.24) is 20.0 Å². The highest BCUT2D eigenvalue weighted by Gasteiger charge is 2.24. The summed E-state index contributed by atoms with van der Waals surface area (Å²) in [4.78, 5) is 4.90. The fourth-order valence-corrected chi connectivity index (χ4v) is 4.06. The highest BCUT2D eigenvalue weighted by atomic mass is 79.9. The van der Waals surface area contributed by atoms with E-state index in [0.29, 0.717) is 10.3 Å². The molecule has 18 heavy (non-hydrogen) atoms. The molecule has 1 fully saturated rings. The summed E-state index contributed by atoms with van der Waals surface area (Å²) in [6.07, 6.45) is 3.57. The lowest BCUT2D eigenvalue weighted by molar-refractivity contribution is 0.218. The minimum Gasteiger partial charge on any atom is -0.381 e. The molecule has 0 amide bonds. The summed E-state index contributed by atoms with van der Waals surface area (Å²) in [7, 11) is 0. The number of hydrogen-bond donors (Lipinski definition) is 1. The van der Waals surface area contributed by atoms with Crippen molar-refractivity contribution in [1.29, 1.82) is 0 Å². The van der Waals surface area contributed by atoms with E-state index in [-0.39, 0.29) is 0 Å². The van der Waals surface area contributed by atoms with Crippen molar-refractivity contribution in [2.45, 2.75) is 25.5 Å². The number of aromatic nitrogens is 4. The molecular weight excluding hydrogens is 384 g/mol. The van der Waals surface area contributed by atoms with E-state index >= 15 is 0 Å². The molecule has 0 aromatic carbocycles. The molecule has 5 nitrogen and oxygen atoms in total. The van der Waals surface area contributed by atoms with E-state index in [2.05, 4.69) is 47.2 Å². The van der Waals surface area contributed by atoms with Crippen LogP contribution in [0.3, 0.4) is 0 Å². The second kappa shape index (κ2) is 4.99. The van der Waals surface area contributed by atoms with Gasteiger partial charge in [-0.1, -0.05) is 5.21 Å². The molecule has 96 valence electrons. The number of halogens is 2. The molecule has 0 bridgehead atoms. The molecule has 2 heterocycles. The van der Waals surface area contributed by atoms with Crippen LogP contribution in [0.2, 0.25) is 0 Å². The molecule has 1 unspecified atom stereocenters. The van der Waals surface area contributed by atoms with Crippen LogP contribution in [0.1, 0.15) is 29.5 Å². The van der Waals surface area contributed by atoms with Gasteiger partial charge < -0.3 is 5.11 Å². The molecule has 1 aliphatic carbocycles. The average Bonchev–Trinajstić information content (AvgIpc) is 2.89. The van der Waals surface area contributed by atoms with Gasteiger partial charge in [0.1, 0.15) is 16.4 Å². The molecule has 8 heteroatoms. The maximum atomic E-state index is 10.3. The van der Waals surface area contributed by atoms with E-state index in [4.69, 9.17) is 0 Å². The van der Waals surface area contributed by atoms with Crippen LogP contribution in [0.4, 0.5) is 0 Å². The smallest absolute Gasteiger partial charge is 0.160 e. The SMILES string of the molecule is OC(c1cn(CC2CC2)nn1)c1sc(Br)nc1Br. The summed E-state index contributed by atoms with van der Waals surface area (Å²) in [5, 5.41) is 18.3. The summed E-state index contributed by atoms with van der Waals surface area (Å²) in [6, 6.07) is 0. The minimum atomic E-state index is -0.781. The van der Waals surface area contributed by atoms with Gasteiger partial charge in [0.2, 0.25) is 0 Å². The molecule has 1 saturated carbocycles. The fourth-order valence-electron chi connectivity index (χ4n) is 1.68. The Balaban J connectivity index is 1.80. The van der Waals surface area contributed by atoms with Crippen molar-refractivity contribution in [3.63, 3.8) is 0 Å². The first-order valence-corrected chi connectivity index (χ1v) is 7.93. The number of hydrogen-bond acceptors (Lipinski definition) is 5. The standard InChI is InChI=1S/C10H10Br2N4OS/c11-9-8(18-10(12)13-9)7(17)6-4-16(15-14-6)3-5-1-2-5/h4-5,7,17H,1-3H2. The van der Waals surface area contributed by atoms with Gasteiger partial charge in [0.15, 0.2) is 3.92 Å². The molecule has 2 aromatic heterocycles. The Bertz CT molecular complexity index is 566. The predicted octanol–water partition coefficient (Wildman–Crippen LogP) is 2.75. The van der Waals surface area contributed by atoms with E-state index in [0.717, 1.165) is 21.3 Å². The normalized spacial score (nSPS) is 17.1. The third kappa shape index (κ3) is 2.66. The average molecular weight is 394 g/mol. The van der Waals surface area contributed by atoms with Crippen LogP contribution in [-0.4, -0.2) is 25.1 Å². The van der Waals surface area contributed by atoms with Crippen LogP contribution in [0.15, 0.2) is 14.7 Å². The molecule has 1 atom stereocenters. The Labute approximate surface area is 124 Å². The van der Waals surface area contributed by atoms with Gasteiger partial charge in [0.05, 0.1) is 11.1 Å². The van der Waals surface area contributed by atoms with Gasteiger partial charge in [0.25, 0.3) is 0 Å². The lowest BCUT2D eigenvalue weighted by Gasteiger charge is -2.03. The molecule has 2 aromatic rings. The monoisotopic (exact) mass is 392 g/mol. The zero-order valence-corrected chi connectivity index (χ0v) is 13.2. The third-order valence-electron chi connectivity index (χ3n) is 2.81. The quantitative estimate of drug-likeness (QED) is 0.867. The van der Waals surface area contributed by atoms with Crippen LogP contribution < -0.4 is 0 Å². The van der Waals surface area contributed by atoms with Crippen molar-refractivity contribution in [2.24, 2.45) is 5.92 Å². The summed E-state index contributed by atoms with van der Waals surface area (Å²) in [5.41, 5.74) is 0.563. The van der Waals surface area contributed by atoms with Crippen molar-refractivity contribution in [3.05, 3.63) is 25.3 Å². The zero-order chi connectivity index (χ0) is 12.7. The van der Waals surface area contributed by atoms with E-state index < -0.39 is 6.10 Å². The number of nitrogens with zero attached hydrogens (tertiary/aromatic N) is 4. The number of aliphatic hydroxyl groups excluding tert-OH is 1. The zero-order valence-electron chi connectivity index (χ0n) is 9.25. The maximum absolute atomic E-state index is 10.3.